The van der Waals surface area contributed by atoms with E-state index in [0.29, 0.717) is 17.5 Å². The average Bonchev–Trinajstić information content (AvgIpc) is 3.26. The van der Waals surface area contributed by atoms with Crippen LogP contribution in [0.3, 0.4) is 0 Å². The predicted octanol–water partition coefficient (Wildman–Crippen LogP) is 1.45. The second-order valence-corrected chi connectivity index (χ2v) is 7.09. The summed E-state index contributed by atoms with van der Waals surface area (Å²) in [5.74, 6) is 2.58. The van der Waals surface area contributed by atoms with Gasteiger partial charge in [0.15, 0.2) is 0 Å². The van der Waals surface area contributed by atoms with Crippen LogP contribution in [-0.4, -0.2) is 68.1 Å². The molecule has 0 aromatic carbocycles. The topological polar surface area (TPSA) is 88.9 Å². The number of imidazole rings is 1. The Labute approximate surface area is 151 Å². The number of nitrogens with zero attached hydrogens (tertiary/aromatic N) is 5. The molecule has 136 valence electrons. The van der Waals surface area contributed by atoms with Crippen LogP contribution in [0.5, 0.6) is 0 Å². The van der Waals surface area contributed by atoms with E-state index in [0.717, 1.165) is 44.1 Å². The highest BCUT2D eigenvalue weighted by Crippen LogP contribution is 2.26. The number of hydrogen-bond acceptors (Lipinski definition) is 6. The number of nitrogens with one attached hydrogen (secondary N) is 1. The molecule has 1 fully saturated rings. The van der Waals surface area contributed by atoms with Gasteiger partial charge < -0.3 is 14.2 Å². The van der Waals surface area contributed by atoms with Crippen molar-refractivity contribution in [2.75, 3.05) is 32.6 Å². The predicted molar refractivity (Wildman–Crippen MR) is 94.5 cm³/mol. The molecule has 1 saturated heterocycles. The van der Waals surface area contributed by atoms with Gasteiger partial charge in [-0.05, 0) is 19.8 Å². The van der Waals surface area contributed by atoms with Gasteiger partial charge in [-0.25, -0.2) is 9.97 Å². The Morgan fingerprint density at radius 3 is 3.16 bits per heavy atom. The summed E-state index contributed by atoms with van der Waals surface area (Å²) in [5.41, 5.74) is 0. The third kappa shape index (κ3) is 4.60. The van der Waals surface area contributed by atoms with Crippen LogP contribution in [0.25, 0.3) is 0 Å². The van der Waals surface area contributed by atoms with E-state index in [9.17, 15) is 4.79 Å². The lowest BCUT2D eigenvalue weighted by atomic mass is 9.97. The number of piperidine rings is 1. The highest BCUT2D eigenvalue weighted by molar-refractivity contribution is 7.99. The first kappa shape index (κ1) is 17.9. The van der Waals surface area contributed by atoms with E-state index in [1.807, 2.05) is 24.2 Å². The number of methoxy groups -OCH3 is 1. The molecule has 0 spiro atoms. The van der Waals surface area contributed by atoms with E-state index in [1.54, 1.807) is 7.11 Å². The van der Waals surface area contributed by atoms with Crippen molar-refractivity contribution in [1.82, 2.24) is 29.6 Å². The van der Waals surface area contributed by atoms with Crippen LogP contribution in [0.15, 0.2) is 17.6 Å². The lowest BCUT2D eigenvalue weighted by Crippen LogP contribution is -2.40. The van der Waals surface area contributed by atoms with Gasteiger partial charge in [0.25, 0.3) is 0 Å². The lowest BCUT2D eigenvalue weighted by molar-refractivity contribution is -0.129. The smallest absolute Gasteiger partial charge is 0.233 e. The van der Waals surface area contributed by atoms with Crippen LogP contribution < -0.4 is 0 Å². The molecule has 1 atom stereocenters. The molecule has 1 aliphatic rings. The minimum absolute atomic E-state index is 0.132. The van der Waals surface area contributed by atoms with Gasteiger partial charge in [0.05, 0.1) is 12.4 Å². The Kier molecular flexibility index (Phi) is 6.09. The molecule has 0 unspecified atom stereocenters. The van der Waals surface area contributed by atoms with Crippen molar-refractivity contribution in [1.29, 1.82) is 0 Å². The molecule has 3 heterocycles. The van der Waals surface area contributed by atoms with Gasteiger partial charge in [-0.15, -0.1) is 5.10 Å². The summed E-state index contributed by atoms with van der Waals surface area (Å²) >= 11 is 1.37. The molecule has 2 aromatic rings. The number of carbonyl (C=O) groups excluding carboxylic acids is 1. The summed E-state index contributed by atoms with van der Waals surface area (Å²) in [6, 6.07) is 0. The standard InChI is InChI=1S/C16H24N6O2S/c1-12-18-16(20-19-12)25-11-14(23)22-6-3-4-13(10-22)15-17-5-7-21(15)8-9-24-2/h5,7,13H,3-4,6,8-11H2,1-2H3,(H,18,19,20)/t13-/m1/s1. The summed E-state index contributed by atoms with van der Waals surface area (Å²) in [6.07, 6.45) is 5.86. The second kappa shape index (κ2) is 8.48. The van der Waals surface area contributed by atoms with Crippen LogP contribution in [0.2, 0.25) is 0 Å². The van der Waals surface area contributed by atoms with Crippen molar-refractivity contribution < 1.29 is 9.53 Å². The molecule has 1 amide bonds. The summed E-state index contributed by atoms with van der Waals surface area (Å²) in [6.45, 7) is 4.82. The van der Waals surface area contributed by atoms with E-state index >= 15 is 0 Å². The normalized spacial score (nSPS) is 17.8. The summed E-state index contributed by atoms with van der Waals surface area (Å²) < 4.78 is 7.29. The zero-order valence-electron chi connectivity index (χ0n) is 14.6. The van der Waals surface area contributed by atoms with Crippen molar-refractivity contribution in [2.24, 2.45) is 0 Å². The Morgan fingerprint density at radius 1 is 1.52 bits per heavy atom. The van der Waals surface area contributed by atoms with Gasteiger partial charge in [0.2, 0.25) is 11.1 Å². The number of aryl methyl sites for hydroxylation is 1. The molecule has 9 heteroatoms. The molecule has 25 heavy (non-hydrogen) atoms. The molecule has 3 rings (SSSR count). The van der Waals surface area contributed by atoms with E-state index in [1.165, 1.54) is 11.8 Å². The van der Waals surface area contributed by atoms with Gasteiger partial charge in [0, 0.05) is 45.1 Å². The maximum absolute atomic E-state index is 12.5. The molecule has 0 radical (unpaired) electrons. The highest BCUT2D eigenvalue weighted by Gasteiger charge is 2.27. The molecule has 8 nitrogen and oxygen atoms in total. The number of thioether (sulfide) groups is 1. The van der Waals surface area contributed by atoms with Crippen LogP contribution in [0.4, 0.5) is 0 Å². The Balaban J connectivity index is 1.57. The molecule has 0 bridgehead atoms. The van der Waals surface area contributed by atoms with Gasteiger partial charge in [-0.3, -0.25) is 9.89 Å². The van der Waals surface area contributed by atoms with Gasteiger partial charge in [-0.1, -0.05) is 11.8 Å². The maximum Gasteiger partial charge on any atom is 0.233 e. The summed E-state index contributed by atoms with van der Waals surface area (Å²) in [7, 11) is 1.70. The molecular weight excluding hydrogens is 340 g/mol. The number of carbonyl (C=O) groups is 1. The number of likely N-dealkylation sites (tertiary alicyclic amines) is 1. The third-order valence-electron chi connectivity index (χ3n) is 4.32. The lowest BCUT2D eigenvalue weighted by Gasteiger charge is -2.32. The van der Waals surface area contributed by atoms with Crippen molar-refractivity contribution in [3.63, 3.8) is 0 Å². The zero-order valence-corrected chi connectivity index (χ0v) is 15.5. The van der Waals surface area contributed by atoms with E-state index < -0.39 is 0 Å². The number of hydrogen-bond donors (Lipinski definition) is 1. The summed E-state index contributed by atoms with van der Waals surface area (Å²) in [4.78, 5) is 23.2. The van der Waals surface area contributed by atoms with Crippen LogP contribution in [0.1, 0.15) is 30.4 Å². The highest BCUT2D eigenvalue weighted by atomic mass is 32.2. The maximum atomic E-state index is 12.5. The van der Waals surface area contributed by atoms with Crippen molar-refractivity contribution in [3.05, 3.63) is 24.0 Å². The molecule has 1 N–H and O–H groups in total. The summed E-state index contributed by atoms with van der Waals surface area (Å²) in [5, 5.41) is 7.47. The first-order chi connectivity index (χ1) is 12.2. The number of aromatic nitrogens is 5. The zero-order chi connectivity index (χ0) is 17.6. The number of aromatic amines is 1. The fraction of sp³-hybridized carbons (Fsp3) is 0.625. The van der Waals surface area contributed by atoms with Gasteiger partial charge in [0.1, 0.15) is 11.6 Å². The Morgan fingerprint density at radius 2 is 2.40 bits per heavy atom. The molecular formula is C16H24N6O2S. The van der Waals surface area contributed by atoms with E-state index in [4.69, 9.17) is 4.74 Å². The molecule has 2 aromatic heterocycles. The molecule has 0 aliphatic carbocycles. The largest absolute Gasteiger partial charge is 0.383 e. The third-order valence-corrected chi connectivity index (χ3v) is 5.16. The van der Waals surface area contributed by atoms with Crippen LogP contribution >= 0.6 is 11.8 Å². The average molecular weight is 364 g/mol. The van der Waals surface area contributed by atoms with Gasteiger partial charge >= 0.3 is 0 Å². The minimum atomic E-state index is 0.132. The van der Waals surface area contributed by atoms with Crippen LogP contribution in [0, 0.1) is 6.92 Å². The van der Waals surface area contributed by atoms with E-state index in [2.05, 4.69) is 24.7 Å². The second-order valence-electron chi connectivity index (χ2n) is 6.14. The Bertz CT molecular complexity index is 700. The first-order valence-corrected chi connectivity index (χ1v) is 9.45. The monoisotopic (exact) mass is 364 g/mol. The number of ether oxygens (including phenoxy) is 1. The fourth-order valence-corrected chi connectivity index (χ4v) is 3.82. The van der Waals surface area contributed by atoms with Crippen molar-refractivity contribution in [2.45, 2.75) is 37.4 Å². The quantitative estimate of drug-likeness (QED) is 0.748. The molecule has 1 aliphatic heterocycles. The first-order valence-electron chi connectivity index (χ1n) is 8.47. The number of H-pyrrole nitrogens is 1. The van der Waals surface area contributed by atoms with Crippen molar-refractivity contribution >= 4 is 17.7 Å². The Hall–Kier alpha value is -1.87. The van der Waals surface area contributed by atoms with Gasteiger partial charge in [-0.2, -0.15) is 0 Å². The van der Waals surface area contributed by atoms with Crippen molar-refractivity contribution in [3.8, 4) is 0 Å². The SMILES string of the molecule is COCCn1ccnc1[C@@H]1CCCN(C(=O)CSc2n[nH]c(C)n2)C1. The van der Waals surface area contributed by atoms with E-state index in [-0.39, 0.29) is 11.8 Å². The fourth-order valence-electron chi connectivity index (χ4n) is 3.08. The molecule has 0 saturated carbocycles. The van der Waals surface area contributed by atoms with Crippen LogP contribution in [-0.2, 0) is 16.1 Å². The number of rotatable bonds is 7. The number of amides is 1. The minimum Gasteiger partial charge on any atom is -0.383 e.